The Morgan fingerprint density at radius 2 is 1.97 bits per heavy atom. The van der Waals surface area contributed by atoms with Gasteiger partial charge in [0.05, 0.1) is 12.5 Å². The summed E-state index contributed by atoms with van der Waals surface area (Å²) in [5.74, 6) is 0.323. The first kappa shape index (κ1) is 20.0. The number of likely N-dealkylation sites (tertiary alicyclic amines) is 2. The standard InChI is InChI=1S/C22H31N5O2/c1-25(17-20-8-14-29-24-20)22(28)19-3-2-11-27(16-19)21-6-12-26(13-7-21)15-18-4-9-23-10-5-18/h4-5,8-10,14,19,21H,2-3,6-7,11-13,15-17H2,1H3. The molecular weight excluding hydrogens is 366 g/mol. The van der Waals surface area contributed by atoms with Gasteiger partial charge < -0.3 is 9.42 Å². The van der Waals surface area contributed by atoms with Crippen LogP contribution in [0.2, 0.25) is 0 Å². The van der Waals surface area contributed by atoms with Gasteiger partial charge in [0.1, 0.15) is 12.0 Å². The molecule has 0 aliphatic carbocycles. The van der Waals surface area contributed by atoms with Crippen molar-refractivity contribution >= 4 is 5.91 Å². The molecule has 29 heavy (non-hydrogen) atoms. The highest BCUT2D eigenvalue weighted by atomic mass is 16.5. The number of hydrogen-bond donors (Lipinski definition) is 0. The number of carbonyl (C=O) groups excluding carboxylic acids is 1. The van der Waals surface area contributed by atoms with Crippen LogP contribution in [0.3, 0.4) is 0 Å². The normalized spacial score (nSPS) is 21.9. The van der Waals surface area contributed by atoms with Crippen LogP contribution < -0.4 is 0 Å². The third-order valence-corrected chi connectivity index (χ3v) is 6.30. The maximum absolute atomic E-state index is 12.9. The first-order valence-electron chi connectivity index (χ1n) is 10.7. The molecule has 2 fully saturated rings. The third-order valence-electron chi connectivity index (χ3n) is 6.30. The molecule has 0 bridgehead atoms. The Labute approximate surface area is 172 Å². The summed E-state index contributed by atoms with van der Waals surface area (Å²) in [5, 5.41) is 3.92. The summed E-state index contributed by atoms with van der Waals surface area (Å²) >= 11 is 0. The van der Waals surface area contributed by atoms with Crippen molar-refractivity contribution in [2.75, 3.05) is 33.2 Å². The number of rotatable bonds is 6. The number of pyridine rings is 1. The Balaban J connectivity index is 1.26. The van der Waals surface area contributed by atoms with E-state index >= 15 is 0 Å². The molecule has 0 N–H and O–H groups in total. The van der Waals surface area contributed by atoms with Gasteiger partial charge >= 0.3 is 0 Å². The zero-order valence-corrected chi connectivity index (χ0v) is 17.2. The second-order valence-corrected chi connectivity index (χ2v) is 8.38. The summed E-state index contributed by atoms with van der Waals surface area (Å²) < 4.78 is 4.88. The van der Waals surface area contributed by atoms with E-state index in [2.05, 4.69) is 32.1 Å². The summed E-state index contributed by atoms with van der Waals surface area (Å²) in [6.07, 6.45) is 9.74. The number of aromatic nitrogens is 2. The second kappa shape index (κ2) is 9.50. The monoisotopic (exact) mass is 397 g/mol. The van der Waals surface area contributed by atoms with E-state index in [-0.39, 0.29) is 11.8 Å². The Morgan fingerprint density at radius 3 is 2.69 bits per heavy atom. The minimum atomic E-state index is 0.0931. The van der Waals surface area contributed by atoms with Gasteiger partial charge in [0.2, 0.25) is 5.91 Å². The lowest BCUT2D eigenvalue weighted by molar-refractivity contribution is -0.137. The van der Waals surface area contributed by atoms with Crippen LogP contribution in [0.5, 0.6) is 0 Å². The highest BCUT2D eigenvalue weighted by molar-refractivity contribution is 5.78. The van der Waals surface area contributed by atoms with Crippen LogP contribution >= 0.6 is 0 Å². The number of piperidine rings is 2. The Hall–Kier alpha value is -2.25. The van der Waals surface area contributed by atoms with E-state index in [0.29, 0.717) is 12.6 Å². The van der Waals surface area contributed by atoms with Crippen molar-refractivity contribution in [1.82, 2.24) is 24.8 Å². The number of hydrogen-bond acceptors (Lipinski definition) is 6. The molecule has 156 valence electrons. The summed E-state index contributed by atoms with van der Waals surface area (Å²) in [7, 11) is 1.87. The fourth-order valence-electron chi connectivity index (χ4n) is 4.68. The zero-order chi connectivity index (χ0) is 20.1. The van der Waals surface area contributed by atoms with Crippen LogP contribution in [0.1, 0.15) is 36.9 Å². The molecule has 2 aliphatic heterocycles. The zero-order valence-electron chi connectivity index (χ0n) is 17.2. The van der Waals surface area contributed by atoms with Gasteiger partial charge in [0.25, 0.3) is 0 Å². The molecule has 4 heterocycles. The van der Waals surface area contributed by atoms with Crippen LogP contribution in [-0.4, -0.2) is 70.0 Å². The van der Waals surface area contributed by atoms with Gasteiger partial charge in [-0.3, -0.25) is 19.6 Å². The largest absolute Gasteiger partial charge is 0.364 e. The molecule has 4 rings (SSSR count). The molecule has 2 aliphatic rings. The molecule has 0 radical (unpaired) electrons. The van der Waals surface area contributed by atoms with Crippen LogP contribution in [0.25, 0.3) is 0 Å². The maximum Gasteiger partial charge on any atom is 0.227 e. The minimum Gasteiger partial charge on any atom is -0.364 e. The third kappa shape index (κ3) is 5.22. The highest BCUT2D eigenvalue weighted by Gasteiger charge is 2.32. The minimum absolute atomic E-state index is 0.0931. The lowest BCUT2D eigenvalue weighted by Gasteiger charge is -2.42. The summed E-state index contributed by atoms with van der Waals surface area (Å²) in [5.41, 5.74) is 2.13. The molecule has 1 atom stereocenters. The van der Waals surface area contributed by atoms with Gasteiger partial charge in [-0.25, -0.2) is 0 Å². The molecule has 0 saturated carbocycles. The van der Waals surface area contributed by atoms with Crippen molar-refractivity contribution in [3.8, 4) is 0 Å². The van der Waals surface area contributed by atoms with Gasteiger partial charge in [0.15, 0.2) is 0 Å². The predicted octanol–water partition coefficient (Wildman–Crippen LogP) is 2.40. The van der Waals surface area contributed by atoms with E-state index in [4.69, 9.17) is 4.52 Å². The van der Waals surface area contributed by atoms with Crippen LogP contribution in [0.15, 0.2) is 41.4 Å². The van der Waals surface area contributed by atoms with Crippen molar-refractivity contribution in [2.24, 2.45) is 5.92 Å². The van der Waals surface area contributed by atoms with Crippen LogP contribution in [0.4, 0.5) is 0 Å². The second-order valence-electron chi connectivity index (χ2n) is 8.38. The van der Waals surface area contributed by atoms with Crippen LogP contribution in [0, 0.1) is 5.92 Å². The average Bonchev–Trinajstić information content (AvgIpc) is 3.27. The van der Waals surface area contributed by atoms with E-state index < -0.39 is 0 Å². The topological polar surface area (TPSA) is 65.7 Å². The van der Waals surface area contributed by atoms with E-state index in [0.717, 1.165) is 51.3 Å². The molecule has 7 nitrogen and oxygen atoms in total. The molecule has 2 aromatic heterocycles. The smallest absolute Gasteiger partial charge is 0.227 e. The molecule has 0 spiro atoms. The Bertz CT molecular complexity index is 759. The molecule has 7 heteroatoms. The van der Waals surface area contributed by atoms with Gasteiger partial charge in [-0.15, -0.1) is 0 Å². The average molecular weight is 398 g/mol. The van der Waals surface area contributed by atoms with Gasteiger partial charge in [-0.2, -0.15) is 0 Å². The quantitative estimate of drug-likeness (QED) is 0.746. The van der Waals surface area contributed by atoms with Crippen molar-refractivity contribution in [3.05, 3.63) is 48.1 Å². The molecule has 2 aromatic rings. The van der Waals surface area contributed by atoms with Gasteiger partial charge in [-0.1, -0.05) is 5.16 Å². The molecule has 2 saturated heterocycles. The first-order chi connectivity index (χ1) is 14.2. The molecule has 1 amide bonds. The fraction of sp³-hybridized carbons (Fsp3) is 0.591. The van der Waals surface area contributed by atoms with E-state index in [1.165, 1.54) is 18.4 Å². The lowest BCUT2D eigenvalue weighted by Crippen LogP contribution is -2.50. The summed E-state index contributed by atoms with van der Waals surface area (Å²) in [4.78, 5) is 23.9. The molecule has 1 unspecified atom stereocenters. The summed E-state index contributed by atoms with van der Waals surface area (Å²) in [6.45, 7) is 5.76. The maximum atomic E-state index is 12.9. The van der Waals surface area contributed by atoms with Gasteiger partial charge in [0, 0.05) is 44.6 Å². The SMILES string of the molecule is CN(Cc1ccon1)C(=O)C1CCCN(C2CCN(Cc3ccncc3)CC2)C1. The van der Waals surface area contributed by atoms with Crippen molar-refractivity contribution in [2.45, 2.75) is 44.8 Å². The number of carbonyl (C=O) groups is 1. The van der Waals surface area contributed by atoms with Crippen molar-refractivity contribution in [1.29, 1.82) is 0 Å². The molecular formula is C22H31N5O2. The van der Waals surface area contributed by atoms with E-state index in [1.54, 1.807) is 11.2 Å². The van der Waals surface area contributed by atoms with E-state index in [1.807, 2.05) is 25.5 Å². The Kier molecular flexibility index (Phi) is 6.56. The van der Waals surface area contributed by atoms with Crippen LogP contribution in [-0.2, 0) is 17.9 Å². The number of amides is 1. The van der Waals surface area contributed by atoms with Gasteiger partial charge in [-0.05, 0) is 63.0 Å². The van der Waals surface area contributed by atoms with Crippen molar-refractivity contribution in [3.63, 3.8) is 0 Å². The lowest BCUT2D eigenvalue weighted by atomic mass is 9.92. The van der Waals surface area contributed by atoms with E-state index in [9.17, 15) is 4.79 Å². The first-order valence-corrected chi connectivity index (χ1v) is 10.7. The fourth-order valence-corrected chi connectivity index (χ4v) is 4.68. The summed E-state index contributed by atoms with van der Waals surface area (Å²) in [6, 6.07) is 6.61. The van der Waals surface area contributed by atoms with Crippen molar-refractivity contribution < 1.29 is 9.32 Å². The predicted molar refractivity (Wildman–Crippen MR) is 110 cm³/mol. The highest BCUT2D eigenvalue weighted by Crippen LogP contribution is 2.25. The Morgan fingerprint density at radius 1 is 1.17 bits per heavy atom. The molecule has 0 aromatic carbocycles. The number of nitrogens with zero attached hydrogens (tertiary/aromatic N) is 5.